The van der Waals surface area contributed by atoms with E-state index in [4.69, 9.17) is 9.72 Å². The first kappa shape index (κ1) is 19.9. The zero-order valence-electron chi connectivity index (χ0n) is 17.9. The molecule has 3 aromatic heterocycles. The molecule has 8 heteroatoms. The summed E-state index contributed by atoms with van der Waals surface area (Å²) in [6.07, 6.45) is 13.4. The standard InChI is InChI=1S/C23H28N6O2/c1-16-11-21(30)29(18-6-2-3-7-18)22-19(16)12-26-23(27-22)28-10-4-5-17(14-28)15-31-20-13-24-8-9-25-20/h8-9,11-13,17-18H,2-7,10,14-15H2,1H3. The van der Waals surface area contributed by atoms with Crippen LogP contribution < -0.4 is 15.2 Å². The monoisotopic (exact) mass is 420 g/mol. The number of piperidine rings is 1. The molecule has 1 atom stereocenters. The predicted octanol–water partition coefficient (Wildman–Crippen LogP) is 3.30. The van der Waals surface area contributed by atoms with Gasteiger partial charge in [0.15, 0.2) is 0 Å². The molecule has 2 aliphatic rings. The van der Waals surface area contributed by atoms with Crippen molar-refractivity contribution in [3.05, 3.63) is 46.8 Å². The van der Waals surface area contributed by atoms with Crippen LogP contribution in [-0.4, -0.2) is 44.2 Å². The fourth-order valence-electron chi connectivity index (χ4n) is 4.88. The number of aromatic nitrogens is 5. The second kappa shape index (κ2) is 8.61. The number of hydrogen-bond acceptors (Lipinski definition) is 7. The molecule has 4 heterocycles. The molecule has 1 unspecified atom stereocenters. The van der Waals surface area contributed by atoms with Crippen molar-refractivity contribution in [2.24, 2.45) is 5.92 Å². The fraction of sp³-hybridized carbons (Fsp3) is 0.522. The Kier molecular flexibility index (Phi) is 5.53. The molecule has 31 heavy (non-hydrogen) atoms. The van der Waals surface area contributed by atoms with Gasteiger partial charge in [-0.3, -0.25) is 14.3 Å². The molecule has 2 fully saturated rings. The van der Waals surface area contributed by atoms with Crippen molar-refractivity contribution < 1.29 is 4.74 Å². The second-order valence-electron chi connectivity index (χ2n) is 8.69. The Hall–Kier alpha value is -3.03. The zero-order valence-corrected chi connectivity index (χ0v) is 17.9. The highest BCUT2D eigenvalue weighted by Crippen LogP contribution is 2.31. The minimum Gasteiger partial charge on any atom is -0.476 e. The summed E-state index contributed by atoms with van der Waals surface area (Å²) >= 11 is 0. The van der Waals surface area contributed by atoms with Gasteiger partial charge in [-0.15, -0.1) is 0 Å². The van der Waals surface area contributed by atoms with Crippen LogP contribution in [0, 0.1) is 12.8 Å². The number of fused-ring (bicyclic) bond motifs is 1. The molecule has 3 aromatic rings. The van der Waals surface area contributed by atoms with E-state index in [1.54, 1.807) is 24.7 Å². The lowest BCUT2D eigenvalue weighted by atomic mass is 9.99. The topological polar surface area (TPSA) is 86.0 Å². The largest absolute Gasteiger partial charge is 0.476 e. The van der Waals surface area contributed by atoms with Gasteiger partial charge < -0.3 is 9.64 Å². The highest BCUT2D eigenvalue weighted by molar-refractivity contribution is 5.79. The fourth-order valence-corrected chi connectivity index (χ4v) is 4.88. The minimum absolute atomic E-state index is 0.0513. The third-order valence-electron chi connectivity index (χ3n) is 6.48. The van der Waals surface area contributed by atoms with E-state index in [9.17, 15) is 4.79 Å². The van der Waals surface area contributed by atoms with Gasteiger partial charge in [-0.1, -0.05) is 12.8 Å². The van der Waals surface area contributed by atoms with Crippen LogP contribution in [0.3, 0.4) is 0 Å². The van der Waals surface area contributed by atoms with E-state index in [0.29, 0.717) is 24.4 Å². The Balaban J connectivity index is 1.40. The highest BCUT2D eigenvalue weighted by atomic mass is 16.5. The van der Waals surface area contributed by atoms with Gasteiger partial charge in [0.25, 0.3) is 5.56 Å². The van der Waals surface area contributed by atoms with Crippen LogP contribution in [0.4, 0.5) is 5.95 Å². The average Bonchev–Trinajstić information content (AvgIpc) is 3.33. The number of aryl methyl sites for hydroxylation is 1. The Morgan fingerprint density at radius 2 is 1.97 bits per heavy atom. The van der Waals surface area contributed by atoms with Crippen LogP contribution >= 0.6 is 0 Å². The smallest absolute Gasteiger partial charge is 0.252 e. The number of rotatable bonds is 5. The van der Waals surface area contributed by atoms with E-state index >= 15 is 0 Å². The van der Waals surface area contributed by atoms with Crippen molar-refractivity contribution >= 4 is 17.0 Å². The first-order valence-corrected chi connectivity index (χ1v) is 11.2. The SMILES string of the molecule is Cc1cc(=O)n(C2CCCC2)c2nc(N3CCCC(COc4cnccn4)C3)ncc12. The Morgan fingerprint density at radius 1 is 1.10 bits per heavy atom. The molecule has 5 rings (SSSR count). The van der Waals surface area contributed by atoms with Crippen LogP contribution in [-0.2, 0) is 0 Å². The predicted molar refractivity (Wildman–Crippen MR) is 119 cm³/mol. The lowest BCUT2D eigenvalue weighted by Crippen LogP contribution is -2.39. The summed E-state index contributed by atoms with van der Waals surface area (Å²) in [5.41, 5.74) is 1.77. The summed E-state index contributed by atoms with van der Waals surface area (Å²) in [6.45, 7) is 4.29. The minimum atomic E-state index is 0.0513. The van der Waals surface area contributed by atoms with Crippen molar-refractivity contribution in [1.82, 2.24) is 24.5 Å². The Labute approximate surface area is 181 Å². The lowest BCUT2D eigenvalue weighted by molar-refractivity contribution is 0.220. The van der Waals surface area contributed by atoms with Gasteiger partial charge in [-0.05, 0) is 38.2 Å². The maximum absolute atomic E-state index is 12.9. The molecule has 0 radical (unpaired) electrons. The number of nitrogens with zero attached hydrogens (tertiary/aromatic N) is 6. The third kappa shape index (κ3) is 4.11. The van der Waals surface area contributed by atoms with E-state index in [1.165, 1.54) is 12.8 Å². The van der Waals surface area contributed by atoms with Crippen LogP contribution in [0.15, 0.2) is 35.6 Å². The normalized spacial score (nSPS) is 19.8. The lowest BCUT2D eigenvalue weighted by Gasteiger charge is -2.32. The highest BCUT2D eigenvalue weighted by Gasteiger charge is 2.25. The van der Waals surface area contributed by atoms with Gasteiger partial charge in [0.05, 0.1) is 12.8 Å². The molecule has 0 aromatic carbocycles. The number of anilines is 1. The van der Waals surface area contributed by atoms with Crippen LogP contribution in [0.25, 0.3) is 11.0 Å². The maximum atomic E-state index is 12.9. The molecule has 0 spiro atoms. The third-order valence-corrected chi connectivity index (χ3v) is 6.48. The van der Waals surface area contributed by atoms with Gasteiger partial charge in [0, 0.05) is 55.1 Å². The first-order valence-electron chi connectivity index (χ1n) is 11.2. The molecule has 1 aliphatic carbocycles. The van der Waals surface area contributed by atoms with Gasteiger partial charge in [-0.25, -0.2) is 9.97 Å². The molecular weight excluding hydrogens is 392 g/mol. The maximum Gasteiger partial charge on any atom is 0.252 e. The number of pyridine rings is 1. The van der Waals surface area contributed by atoms with Crippen molar-refractivity contribution in [3.8, 4) is 5.88 Å². The van der Waals surface area contributed by atoms with E-state index in [-0.39, 0.29) is 11.6 Å². The quantitative estimate of drug-likeness (QED) is 0.626. The van der Waals surface area contributed by atoms with Gasteiger partial charge in [0.1, 0.15) is 5.65 Å². The average molecular weight is 421 g/mol. The first-order chi connectivity index (χ1) is 15.2. The summed E-state index contributed by atoms with van der Waals surface area (Å²) in [6, 6.07) is 1.97. The van der Waals surface area contributed by atoms with Crippen LogP contribution in [0.1, 0.15) is 50.1 Å². The molecule has 162 valence electrons. The summed E-state index contributed by atoms with van der Waals surface area (Å²) in [7, 11) is 0. The molecular formula is C23H28N6O2. The molecule has 8 nitrogen and oxygen atoms in total. The number of hydrogen-bond donors (Lipinski definition) is 0. The van der Waals surface area contributed by atoms with Crippen LogP contribution in [0.5, 0.6) is 5.88 Å². The molecule has 0 N–H and O–H groups in total. The van der Waals surface area contributed by atoms with Crippen molar-refractivity contribution in [1.29, 1.82) is 0 Å². The van der Waals surface area contributed by atoms with E-state index in [2.05, 4.69) is 19.9 Å². The Morgan fingerprint density at radius 3 is 2.77 bits per heavy atom. The van der Waals surface area contributed by atoms with Gasteiger partial charge >= 0.3 is 0 Å². The molecule has 1 saturated heterocycles. The summed E-state index contributed by atoms with van der Waals surface area (Å²) in [4.78, 5) is 32.9. The van der Waals surface area contributed by atoms with Crippen molar-refractivity contribution in [2.45, 2.75) is 51.5 Å². The second-order valence-corrected chi connectivity index (χ2v) is 8.69. The molecule has 1 aliphatic heterocycles. The summed E-state index contributed by atoms with van der Waals surface area (Å²) in [5, 5.41) is 0.967. The van der Waals surface area contributed by atoms with Crippen molar-refractivity contribution in [3.63, 3.8) is 0 Å². The van der Waals surface area contributed by atoms with Gasteiger partial charge in [-0.2, -0.15) is 4.98 Å². The van der Waals surface area contributed by atoms with E-state index in [0.717, 1.165) is 55.4 Å². The number of ether oxygens (including phenoxy) is 1. The molecule has 0 amide bonds. The molecule has 0 bridgehead atoms. The Bertz CT molecular complexity index is 1110. The van der Waals surface area contributed by atoms with E-state index < -0.39 is 0 Å². The van der Waals surface area contributed by atoms with Gasteiger partial charge in [0.2, 0.25) is 11.8 Å². The zero-order chi connectivity index (χ0) is 21.2. The van der Waals surface area contributed by atoms with E-state index in [1.807, 2.05) is 17.7 Å². The summed E-state index contributed by atoms with van der Waals surface area (Å²) < 4.78 is 7.75. The van der Waals surface area contributed by atoms with Crippen molar-refractivity contribution in [2.75, 3.05) is 24.6 Å². The summed E-state index contributed by atoms with van der Waals surface area (Å²) in [5.74, 6) is 1.62. The molecule has 1 saturated carbocycles. The van der Waals surface area contributed by atoms with Crippen LogP contribution in [0.2, 0.25) is 0 Å².